The van der Waals surface area contributed by atoms with E-state index in [-0.39, 0.29) is 48.3 Å². The molecule has 56 heavy (non-hydrogen) atoms. The Morgan fingerprint density at radius 2 is 1.50 bits per heavy atom. The molecule has 1 aromatic carbocycles. The Morgan fingerprint density at radius 1 is 0.893 bits per heavy atom. The third-order valence-corrected chi connectivity index (χ3v) is 11.5. The second-order valence-corrected chi connectivity index (χ2v) is 17.6. The van der Waals surface area contributed by atoms with Gasteiger partial charge in [-0.25, -0.2) is 8.42 Å². The second-order valence-electron chi connectivity index (χ2n) is 15.8. The smallest absolute Gasteiger partial charge is 0.256 e. The predicted molar refractivity (Wildman–Crippen MR) is 216 cm³/mol. The summed E-state index contributed by atoms with van der Waals surface area (Å²) >= 11 is 0. The molecule has 0 aromatic heterocycles. The highest BCUT2D eigenvalue weighted by atomic mass is 32.2. The maximum atomic E-state index is 14.2. The van der Waals surface area contributed by atoms with Crippen molar-refractivity contribution in [3.8, 4) is 0 Å². The first kappa shape index (κ1) is 48.5. The van der Waals surface area contributed by atoms with Gasteiger partial charge in [0.1, 0.15) is 12.1 Å². The SMILES string of the molecule is CC[C@H](C)[C@@H]([C@@H](CC(=O)N1CCC[C@H]1[C@H](OC)[C@@H](C)C(=O)N[C@@H](Cc1ccccc1)C(=O)NS(C)(=O)=O)OC)N(C)C(=O)[C@@H](NC(=O)[C@@H](NC)C(C)C)C(C)C. The highest BCUT2D eigenvalue weighted by Gasteiger charge is 2.43. The molecule has 0 saturated carbocycles. The highest BCUT2D eigenvalue weighted by molar-refractivity contribution is 7.89. The third-order valence-electron chi connectivity index (χ3n) is 11.0. The third kappa shape index (κ3) is 13.5. The van der Waals surface area contributed by atoms with E-state index in [1.807, 2.05) is 52.3 Å². The number of sulfonamides is 1. The quantitative estimate of drug-likeness (QED) is 0.135. The van der Waals surface area contributed by atoms with E-state index in [0.29, 0.717) is 25.8 Å². The molecule has 4 N–H and O–H groups in total. The minimum Gasteiger partial charge on any atom is -0.379 e. The van der Waals surface area contributed by atoms with E-state index in [2.05, 4.69) is 16.0 Å². The molecule has 9 atom stereocenters. The van der Waals surface area contributed by atoms with Crippen molar-refractivity contribution in [2.45, 2.75) is 123 Å². The van der Waals surface area contributed by atoms with Gasteiger partial charge >= 0.3 is 0 Å². The van der Waals surface area contributed by atoms with E-state index in [0.717, 1.165) is 11.8 Å². The lowest BCUT2D eigenvalue weighted by Gasteiger charge is -2.41. The zero-order chi connectivity index (χ0) is 42.5. The lowest BCUT2D eigenvalue weighted by Crippen LogP contribution is -2.59. The molecule has 0 aliphatic carbocycles. The number of ether oxygens (including phenoxy) is 2. The highest BCUT2D eigenvalue weighted by Crippen LogP contribution is 2.30. The number of nitrogens with zero attached hydrogens (tertiary/aromatic N) is 2. The van der Waals surface area contributed by atoms with Crippen molar-refractivity contribution in [3.63, 3.8) is 0 Å². The van der Waals surface area contributed by atoms with Gasteiger partial charge in [0, 0.05) is 34.2 Å². The molecule has 1 heterocycles. The molecule has 0 unspecified atom stereocenters. The molecule has 1 aliphatic rings. The van der Waals surface area contributed by atoms with Gasteiger partial charge in [-0.15, -0.1) is 0 Å². The number of likely N-dealkylation sites (tertiary alicyclic amines) is 1. The Hall–Kier alpha value is -3.60. The lowest BCUT2D eigenvalue weighted by molar-refractivity contribution is -0.148. The number of hydrogen-bond donors (Lipinski definition) is 4. The molecule has 0 bridgehead atoms. The average Bonchev–Trinajstić information content (AvgIpc) is 3.62. The van der Waals surface area contributed by atoms with Crippen LogP contribution in [-0.2, 0) is 49.9 Å². The summed E-state index contributed by atoms with van der Waals surface area (Å²) in [6, 6.07) is 5.47. The number of benzene rings is 1. The summed E-state index contributed by atoms with van der Waals surface area (Å²) in [4.78, 5) is 71.7. The largest absolute Gasteiger partial charge is 0.379 e. The van der Waals surface area contributed by atoms with Crippen molar-refractivity contribution in [2.75, 3.05) is 41.1 Å². The van der Waals surface area contributed by atoms with E-state index in [1.165, 1.54) is 14.2 Å². The molecule has 5 amide bonds. The summed E-state index contributed by atoms with van der Waals surface area (Å²) in [5.74, 6) is -3.27. The fourth-order valence-corrected chi connectivity index (χ4v) is 8.17. The molecule has 2 rings (SSSR count). The van der Waals surface area contributed by atoms with Crippen molar-refractivity contribution in [1.82, 2.24) is 30.5 Å². The number of likely N-dealkylation sites (N-methyl/N-ethyl adjacent to an activating group) is 2. The zero-order valence-corrected chi connectivity index (χ0v) is 36.3. The maximum absolute atomic E-state index is 14.2. The number of amides is 5. The molecule has 1 aliphatic heterocycles. The maximum Gasteiger partial charge on any atom is 0.256 e. The number of carbonyl (C=O) groups excluding carboxylic acids is 5. The fourth-order valence-electron chi connectivity index (χ4n) is 7.67. The van der Waals surface area contributed by atoms with Crippen molar-refractivity contribution in [2.24, 2.45) is 23.7 Å². The Kier molecular flexibility index (Phi) is 19.4. The van der Waals surface area contributed by atoms with Crippen LogP contribution in [0.3, 0.4) is 0 Å². The molecule has 1 aromatic rings. The van der Waals surface area contributed by atoms with E-state index in [4.69, 9.17) is 9.47 Å². The number of methoxy groups -OCH3 is 2. The lowest BCUT2D eigenvalue weighted by atomic mass is 9.89. The standard InChI is InChI=1S/C40H68N6O9S/c1-13-26(6)35(45(9)40(51)34(25(4)5)43-39(50)33(41-8)24(2)3)31(54-10)23-32(47)46-21-17-20-30(46)36(55-11)27(7)37(48)42-29(38(49)44-56(12,52)53)22-28-18-15-14-16-19-28/h14-16,18-19,24-27,29-31,33-36,41H,13,17,20-23H2,1-12H3,(H,42,48)(H,43,50)(H,44,49)/t26-,27+,29-,30-,31+,33-,34-,35-,36+/m0/s1. The molecule has 1 saturated heterocycles. The Bertz CT molecular complexity index is 1560. The van der Waals surface area contributed by atoms with Crippen molar-refractivity contribution in [1.29, 1.82) is 0 Å². The van der Waals surface area contributed by atoms with E-state index >= 15 is 0 Å². The van der Waals surface area contributed by atoms with Crippen LogP contribution in [0.15, 0.2) is 30.3 Å². The van der Waals surface area contributed by atoms with Gasteiger partial charge in [0.2, 0.25) is 33.7 Å². The summed E-state index contributed by atoms with van der Waals surface area (Å²) in [5.41, 5.74) is 0.721. The molecule has 16 heteroatoms. The molecule has 15 nitrogen and oxygen atoms in total. The van der Waals surface area contributed by atoms with Gasteiger partial charge in [-0.2, -0.15) is 0 Å². The average molecular weight is 809 g/mol. The number of rotatable bonds is 22. The van der Waals surface area contributed by atoms with Gasteiger partial charge in [-0.3, -0.25) is 28.7 Å². The van der Waals surface area contributed by atoms with Gasteiger partial charge in [0.05, 0.1) is 48.9 Å². The van der Waals surface area contributed by atoms with Gasteiger partial charge in [0.15, 0.2) is 0 Å². The summed E-state index contributed by atoms with van der Waals surface area (Å²) in [6.07, 6.45) is 1.36. The molecule has 318 valence electrons. The topological polar surface area (TPSA) is 193 Å². The first-order chi connectivity index (χ1) is 26.2. The summed E-state index contributed by atoms with van der Waals surface area (Å²) < 4.78 is 37.7. The van der Waals surface area contributed by atoms with Gasteiger partial charge in [0.25, 0.3) is 5.91 Å². The Morgan fingerprint density at radius 3 is 2.00 bits per heavy atom. The van der Waals surface area contributed by atoms with Crippen LogP contribution in [0, 0.1) is 23.7 Å². The van der Waals surface area contributed by atoms with Crippen LogP contribution in [-0.4, -0.2) is 131 Å². The van der Waals surface area contributed by atoms with Crippen LogP contribution in [0.5, 0.6) is 0 Å². The van der Waals surface area contributed by atoms with Crippen molar-refractivity contribution >= 4 is 39.6 Å². The molecule has 1 fully saturated rings. The first-order valence-corrected chi connectivity index (χ1v) is 21.6. The number of hydrogen-bond acceptors (Lipinski definition) is 10. The summed E-state index contributed by atoms with van der Waals surface area (Å²) in [7, 11) is 2.49. The molecular weight excluding hydrogens is 741 g/mol. The minimum atomic E-state index is -3.89. The summed E-state index contributed by atoms with van der Waals surface area (Å²) in [5, 5.41) is 8.72. The van der Waals surface area contributed by atoms with Crippen LogP contribution in [0.2, 0.25) is 0 Å². The second kappa shape index (κ2) is 22.4. The normalized spacial score (nSPS) is 19.0. The van der Waals surface area contributed by atoms with Crippen LogP contribution in [0.4, 0.5) is 0 Å². The van der Waals surface area contributed by atoms with Crippen molar-refractivity contribution in [3.05, 3.63) is 35.9 Å². The summed E-state index contributed by atoms with van der Waals surface area (Å²) in [6.45, 7) is 13.7. The molecule has 0 spiro atoms. The fraction of sp³-hybridized carbons (Fsp3) is 0.725. The van der Waals surface area contributed by atoms with Crippen LogP contribution >= 0.6 is 0 Å². The predicted octanol–water partition coefficient (Wildman–Crippen LogP) is 2.09. The monoisotopic (exact) mass is 808 g/mol. The van der Waals surface area contributed by atoms with E-state index in [9.17, 15) is 32.4 Å². The first-order valence-electron chi connectivity index (χ1n) is 19.7. The molecular formula is C40H68N6O9S. The van der Waals surface area contributed by atoms with Gasteiger partial charge in [-0.1, -0.05) is 85.2 Å². The number of carbonyl (C=O) groups is 5. The Labute approximate surface area is 334 Å². The zero-order valence-electron chi connectivity index (χ0n) is 35.5. The van der Waals surface area contributed by atoms with Crippen LogP contribution in [0.1, 0.15) is 79.7 Å². The molecule has 0 radical (unpaired) electrons. The minimum absolute atomic E-state index is 0.00636. The van der Waals surface area contributed by atoms with Crippen molar-refractivity contribution < 1.29 is 41.9 Å². The van der Waals surface area contributed by atoms with E-state index < -0.39 is 70.2 Å². The Balaban J connectivity index is 2.31. The van der Waals surface area contributed by atoms with Crippen LogP contribution in [0.25, 0.3) is 0 Å². The van der Waals surface area contributed by atoms with Gasteiger partial charge < -0.3 is 35.2 Å². The van der Waals surface area contributed by atoms with Crippen LogP contribution < -0.4 is 20.7 Å². The van der Waals surface area contributed by atoms with Gasteiger partial charge in [-0.05, 0) is 43.2 Å². The number of nitrogens with one attached hydrogen (secondary N) is 4. The van der Waals surface area contributed by atoms with E-state index in [1.54, 1.807) is 55.1 Å².